The average molecular weight is 349 g/mol. The molecular weight excluding hydrogens is 342 g/mol. The summed E-state index contributed by atoms with van der Waals surface area (Å²) in [7, 11) is 0. The van der Waals surface area contributed by atoms with Crippen molar-refractivity contribution in [3.05, 3.63) is 32.5 Å². The minimum atomic E-state index is -0.626. The molecule has 0 spiro atoms. The predicted octanol–water partition coefficient (Wildman–Crippen LogP) is 1.83. The van der Waals surface area contributed by atoms with E-state index in [1.54, 1.807) is 12.1 Å². The molecule has 0 atom stereocenters. The second kappa shape index (κ2) is 4.38. The molecule has 82 valence electrons. The molecule has 0 saturated heterocycles. The van der Waals surface area contributed by atoms with Gasteiger partial charge in [0.1, 0.15) is 5.69 Å². The Morgan fingerprint density at radius 3 is 2.75 bits per heavy atom. The van der Waals surface area contributed by atoms with Gasteiger partial charge in [0.15, 0.2) is 5.69 Å². The summed E-state index contributed by atoms with van der Waals surface area (Å²) in [6, 6.07) is 5.35. The standard InChI is InChI=1S/C9H6ClIN4O/c10-5-1-4(2-6(11)3-5)7-8(9(12)16)14-15-13-7/h1-3H,(H2,12,16)(H,13,14,15). The first-order valence-corrected chi connectivity index (χ1v) is 5.70. The largest absolute Gasteiger partial charge is 0.364 e. The zero-order chi connectivity index (χ0) is 11.7. The molecule has 0 bridgehead atoms. The van der Waals surface area contributed by atoms with E-state index in [0.29, 0.717) is 16.3 Å². The van der Waals surface area contributed by atoms with Crippen molar-refractivity contribution in [3.8, 4) is 11.3 Å². The number of aromatic amines is 1. The number of amides is 1. The lowest BCUT2D eigenvalue weighted by Crippen LogP contribution is -2.12. The average Bonchev–Trinajstić information content (AvgIpc) is 2.63. The number of aromatic nitrogens is 3. The zero-order valence-electron chi connectivity index (χ0n) is 7.87. The summed E-state index contributed by atoms with van der Waals surface area (Å²) in [5, 5.41) is 10.5. The smallest absolute Gasteiger partial charge is 0.271 e. The van der Waals surface area contributed by atoms with Gasteiger partial charge >= 0.3 is 0 Å². The van der Waals surface area contributed by atoms with Crippen molar-refractivity contribution < 1.29 is 4.79 Å². The Bertz CT molecular complexity index is 534. The number of H-pyrrole nitrogens is 1. The first-order chi connectivity index (χ1) is 7.58. The summed E-state index contributed by atoms with van der Waals surface area (Å²) in [6.07, 6.45) is 0. The number of primary amides is 1. The first kappa shape index (κ1) is 11.3. The molecule has 16 heavy (non-hydrogen) atoms. The van der Waals surface area contributed by atoms with Crippen molar-refractivity contribution >= 4 is 40.1 Å². The van der Waals surface area contributed by atoms with Crippen molar-refractivity contribution in [3.63, 3.8) is 0 Å². The third-order valence-electron chi connectivity index (χ3n) is 1.92. The Kier molecular flexibility index (Phi) is 3.10. The molecule has 2 rings (SSSR count). The Hall–Kier alpha value is -1.15. The van der Waals surface area contributed by atoms with Gasteiger partial charge in [-0.3, -0.25) is 4.79 Å². The van der Waals surface area contributed by atoms with E-state index in [0.717, 1.165) is 3.57 Å². The minimum Gasteiger partial charge on any atom is -0.364 e. The summed E-state index contributed by atoms with van der Waals surface area (Å²) >= 11 is 8.05. The SMILES string of the molecule is NC(=O)c1n[nH]nc1-c1cc(Cl)cc(I)c1. The maximum Gasteiger partial charge on any atom is 0.271 e. The summed E-state index contributed by atoms with van der Waals surface area (Å²) in [6.45, 7) is 0. The van der Waals surface area contributed by atoms with Crippen LogP contribution in [0, 0.1) is 3.57 Å². The highest BCUT2D eigenvalue weighted by molar-refractivity contribution is 14.1. The number of carbonyl (C=O) groups excluding carboxylic acids is 1. The fourth-order valence-corrected chi connectivity index (χ4v) is 2.38. The van der Waals surface area contributed by atoms with Crippen LogP contribution in [-0.4, -0.2) is 21.3 Å². The van der Waals surface area contributed by atoms with Crippen molar-refractivity contribution in [2.45, 2.75) is 0 Å². The predicted molar refractivity (Wildman–Crippen MR) is 68.1 cm³/mol. The molecule has 0 aliphatic carbocycles. The van der Waals surface area contributed by atoms with Crippen LogP contribution in [-0.2, 0) is 0 Å². The number of nitrogens with zero attached hydrogens (tertiary/aromatic N) is 2. The molecule has 0 aliphatic heterocycles. The second-order valence-electron chi connectivity index (χ2n) is 3.04. The molecule has 0 aliphatic rings. The van der Waals surface area contributed by atoms with Gasteiger partial charge in [-0.2, -0.15) is 15.4 Å². The lowest BCUT2D eigenvalue weighted by molar-refractivity contribution is 0.0996. The molecule has 1 aromatic heterocycles. The topological polar surface area (TPSA) is 84.7 Å². The van der Waals surface area contributed by atoms with E-state index in [1.807, 2.05) is 6.07 Å². The molecule has 3 N–H and O–H groups in total. The molecular formula is C9H6ClIN4O. The molecule has 2 aromatic rings. The van der Waals surface area contributed by atoms with E-state index in [2.05, 4.69) is 38.0 Å². The van der Waals surface area contributed by atoms with Crippen LogP contribution in [0.1, 0.15) is 10.5 Å². The fraction of sp³-hybridized carbons (Fsp3) is 0. The summed E-state index contributed by atoms with van der Waals surface area (Å²) in [5.74, 6) is -0.626. The molecule has 0 unspecified atom stereocenters. The molecule has 5 nitrogen and oxygen atoms in total. The second-order valence-corrected chi connectivity index (χ2v) is 4.73. The van der Waals surface area contributed by atoms with Gasteiger partial charge < -0.3 is 5.73 Å². The lowest BCUT2D eigenvalue weighted by Gasteiger charge is -2.00. The minimum absolute atomic E-state index is 0.109. The van der Waals surface area contributed by atoms with Crippen LogP contribution in [0.3, 0.4) is 0 Å². The molecule has 0 saturated carbocycles. The van der Waals surface area contributed by atoms with Crippen molar-refractivity contribution in [2.24, 2.45) is 5.73 Å². The first-order valence-electron chi connectivity index (χ1n) is 4.25. The van der Waals surface area contributed by atoms with Gasteiger partial charge in [0, 0.05) is 14.2 Å². The number of rotatable bonds is 2. The number of nitrogens with two attached hydrogens (primary N) is 1. The third-order valence-corrected chi connectivity index (χ3v) is 2.76. The van der Waals surface area contributed by atoms with Gasteiger partial charge in [0.05, 0.1) is 0 Å². The Morgan fingerprint density at radius 2 is 2.12 bits per heavy atom. The van der Waals surface area contributed by atoms with Gasteiger partial charge in [-0.15, -0.1) is 0 Å². The molecule has 0 fully saturated rings. The Labute approximate surface area is 110 Å². The number of nitrogens with one attached hydrogen (secondary N) is 1. The Balaban J connectivity index is 2.58. The normalized spacial score (nSPS) is 10.4. The summed E-state index contributed by atoms with van der Waals surface area (Å²) in [5.41, 5.74) is 6.40. The van der Waals surface area contributed by atoms with Crippen LogP contribution in [0.2, 0.25) is 5.02 Å². The van der Waals surface area contributed by atoms with Gasteiger partial charge in [0.2, 0.25) is 0 Å². The number of benzene rings is 1. The van der Waals surface area contributed by atoms with E-state index in [9.17, 15) is 4.79 Å². The van der Waals surface area contributed by atoms with Crippen LogP contribution in [0.15, 0.2) is 18.2 Å². The Morgan fingerprint density at radius 1 is 1.38 bits per heavy atom. The summed E-state index contributed by atoms with van der Waals surface area (Å²) in [4.78, 5) is 11.1. The van der Waals surface area contributed by atoms with Crippen LogP contribution >= 0.6 is 34.2 Å². The number of hydrogen-bond acceptors (Lipinski definition) is 3. The monoisotopic (exact) mass is 348 g/mol. The zero-order valence-corrected chi connectivity index (χ0v) is 10.8. The van der Waals surface area contributed by atoms with Crippen molar-refractivity contribution in [1.29, 1.82) is 0 Å². The maximum atomic E-state index is 11.1. The van der Waals surface area contributed by atoms with E-state index in [-0.39, 0.29) is 5.69 Å². The number of hydrogen-bond donors (Lipinski definition) is 2. The molecule has 1 heterocycles. The van der Waals surface area contributed by atoms with E-state index < -0.39 is 5.91 Å². The van der Waals surface area contributed by atoms with Crippen LogP contribution in [0.4, 0.5) is 0 Å². The maximum absolute atomic E-state index is 11.1. The van der Waals surface area contributed by atoms with Gasteiger partial charge in [0.25, 0.3) is 5.91 Å². The lowest BCUT2D eigenvalue weighted by atomic mass is 10.1. The highest BCUT2D eigenvalue weighted by Gasteiger charge is 2.15. The van der Waals surface area contributed by atoms with E-state index in [1.165, 1.54) is 0 Å². The third kappa shape index (κ3) is 2.17. The number of halogens is 2. The van der Waals surface area contributed by atoms with Gasteiger partial charge in [-0.1, -0.05) is 11.6 Å². The number of carbonyl (C=O) groups is 1. The molecule has 1 aromatic carbocycles. The van der Waals surface area contributed by atoms with Crippen molar-refractivity contribution in [2.75, 3.05) is 0 Å². The van der Waals surface area contributed by atoms with Crippen LogP contribution in [0.25, 0.3) is 11.3 Å². The van der Waals surface area contributed by atoms with Crippen molar-refractivity contribution in [1.82, 2.24) is 15.4 Å². The van der Waals surface area contributed by atoms with Gasteiger partial charge in [-0.25, -0.2) is 0 Å². The summed E-state index contributed by atoms with van der Waals surface area (Å²) < 4.78 is 0.943. The highest BCUT2D eigenvalue weighted by atomic mass is 127. The fourth-order valence-electron chi connectivity index (χ4n) is 1.29. The molecule has 7 heteroatoms. The molecule has 0 radical (unpaired) electrons. The quantitative estimate of drug-likeness (QED) is 0.812. The van der Waals surface area contributed by atoms with E-state index in [4.69, 9.17) is 17.3 Å². The van der Waals surface area contributed by atoms with Crippen LogP contribution in [0.5, 0.6) is 0 Å². The molecule has 1 amide bonds. The van der Waals surface area contributed by atoms with Crippen LogP contribution < -0.4 is 5.73 Å². The van der Waals surface area contributed by atoms with Gasteiger partial charge in [-0.05, 0) is 40.8 Å². The highest BCUT2D eigenvalue weighted by Crippen LogP contribution is 2.25. The van der Waals surface area contributed by atoms with E-state index >= 15 is 0 Å².